The summed E-state index contributed by atoms with van der Waals surface area (Å²) in [6.45, 7) is 5.43. The van der Waals surface area contributed by atoms with Crippen LogP contribution in [0.1, 0.15) is 44.6 Å². The van der Waals surface area contributed by atoms with Crippen molar-refractivity contribution in [2.75, 3.05) is 26.9 Å². The summed E-state index contributed by atoms with van der Waals surface area (Å²) in [5.74, 6) is -1.03. The zero-order valence-corrected chi connectivity index (χ0v) is 17.5. The van der Waals surface area contributed by atoms with Crippen molar-refractivity contribution in [1.82, 2.24) is 14.5 Å². The number of esters is 1. The zero-order valence-electron chi connectivity index (χ0n) is 17.5. The van der Waals surface area contributed by atoms with E-state index in [1.807, 2.05) is 6.07 Å². The Morgan fingerprint density at radius 1 is 1.24 bits per heavy atom. The van der Waals surface area contributed by atoms with Crippen LogP contribution >= 0.6 is 0 Å². The Bertz CT molecular complexity index is 889. The number of aromatic nitrogens is 2. The van der Waals surface area contributed by atoms with E-state index in [0.29, 0.717) is 22.5 Å². The van der Waals surface area contributed by atoms with Gasteiger partial charge < -0.3 is 18.9 Å². The number of Topliss-reactive ketones (excluding diaryl/α,β-unsaturated/α-hetero) is 1. The summed E-state index contributed by atoms with van der Waals surface area (Å²) in [6, 6.07) is 3.61. The molecule has 29 heavy (non-hydrogen) atoms. The average molecular weight is 401 g/mol. The molecule has 2 heterocycles. The third-order valence-electron chi connectivity index (χ3n) is 4.73. The Morgan fingerprint density at radius 3 is 2.55 bits per heavy atom. The number of nitrogens with zero attached hydrogens (tertiary/aromatic N) is 3. The van der Waals surface area contributed by atoms with Crippen molar-refractivity contribution >= 4 is 17.7 Å². The Balaban J connectivity index is 2.32. The summed E-state index contributed by atoms with van der Waals surface area (Å²) < 4.78 is 11.7. The summed E-state index contributed by atoms with van der Waals surface area (Å²) in [7, 11) is 3.15. The van der Waals surface area contributed by atoms with Gasteiger partial charge in [0.1, 0.15) is 12.3 Å². The molecule has 0 aliphatic heterocycles. The maximum atomic E-state index is 13.1. The molecule has 2 aromatic heterocycles. The summed E-state index contributed by atoms with van der Waals surface area (Å²) in [5, 5.41) is 0. The minimum absolute atomic E-state index is 0.131. The van der Waals surface area contributed by atoms with Crippen molar-refractivity contribution in [3.05, 3.63) is 52.6 Å². The molecule has 0 fully saturated rings. The monoisotopic (exact) mass is 401 g/mol. The summed E-state index contributed by atoms with van der Waals surface area (Å²) in [6.07, 6.45) is 3.29. The molecule has 0 aromatic carbocycles. The number of pyridine rings is 1. The van der Waals surface area contributed by atoms with Crippen LogP contribution in [-0.4, -0.2) is 59.0 Å². The number of hydrogen-bond acceptors (Lipinski definition) is 6. The van der Waals surface area contributed by atoms with Gasteiger partial charge in [-0.25, -0.2) is 4.79 Å². The SMILES string of the molecule is CCOC(=O)c1c(C)c(C(=O)CN(Cc2cccnc2)C(=O)COC)c(C)n1C. The van der Waals surface area contributed by atoms with E-state index in [4.69, 9.17) is 9.47 Å². The van der Waals surface area contributed by atoms with E-state index in [1.54, 1.807) is 50.8 Å². The van der Waals surface area contributed by atoms with Crippen molar-refractivity contribution in [3.8, 4) is 0 Å². The number of carbonyl (C=O) groups is 3. The molecule has 0 unspecified atom stereocenters. The number of hydrogen-bond donors (Lipinski definition) is 0. The standard InChI is InChI=1S/C21H27N3O5/c1-6-29-21(27)20-14(2)19(15(3)23(20)4)17(25)12-24(18(26)13-28-5)11-16-8-7-9-22-10-16/h7-10H,6,11-13H2,1-5H3. The second-order valence-corrected chi connectivity index (χ2v) is 6.68. The Hall–Kier alpha value is -3.00. The van der Waals surface area contributed by atoms with Crippen LogP contribution in [0.2, 0.25) is 0 Å². The predicted molar refractivity (Wildman–Crippen MR) is 107 cm³/mol. The Morgan fingerprint density at radius 2 is 1.97 bits per heavy atom. The molecule has 0 atom stereocenters. The fraction of sp³-hybridized carbons (Fsp3) is 0.429. The molecule has 0 spiro atoms. The van der Waals surface area contributed by atoms with Crippen LogP contribution in [0.5, 0.6) is 0 Å². The molecule has 1 amide bonds. The van der Waals surface area contributed by atoms with Gasteiger partial charge in [0.15, 0.2) is 5.78 Å². The van der Waals surface area contributed by atoms with E-state index in [9.17, 15) is 14.4 Å². The molecule has 8 nitrogen and oxygen atoms in total. The lowest BCUT2D eigenvalue weighted by Crippen LogP contribution is -2.37. The van der Waals surface area contributed by atoms with Gasteiger partial charge in [-0.05, 0) is 38.0 Å². The number of amides is 1. The van der Waals surface area contributed by atoms with Crippen molar-refractivity contribution in [2.45, 2.75) is 27.3 Å². The Labute approximate surface area is 170 Å². The first kappa shape index (κ1) is 22.3. The van der Waals surface area contributed by atoms with E-state index in [2.05, 4.69) is 4.98 Å². The highest BCUT2D eigenvalue weighted by molar-refractivity contribution is 6.04. The lowest BCUT2D eigenvalue weighted by Gasteiger charge is -2.22. The number of methoxy groups -OCH3 is 1. The molecule has 0 aliphatic rings. The van der Waals surface area contributed by atoms with Gasteiger partial charge in [0.25, 0.3) is 0 Å². The minimum atomic E-state index is -0.475. The fourth-order valence-electron chi connectivity index (χ4n) is 3.29. The lowest BCUT2D eigenvalue weighted by molar-refractivity contribution is -0.135. The van der Waals surface area contributed by atoms with Gasteiger partial charge >= 0.3 is 5.97 Å². The quantitative estimate of drug-likeness (QED) is 0.472. The van der Waals surface area contributed by atoms with Crippen LogP contribution in [0.3, 0.4) is 0 Å². The van der Waals surface area contributed by atoms with Gasteiger partial charge in [-0.1, -0.05) is 6.07 Å². The lowest BCUT2D eigenvalue weighted by atomic mass is 10.0. The number of ether oxygens (including phenoxy) is 2. The van der Waals surface area contributed by atoms with Gasteiger partial charge in [-0.2, -0.15) is 0 Å². The van der Waals surface area contributed by atoms with Crippen molar-refractivity contribution in [2.24, 2.45) is 7.05 Å². The first-order valence-corrected chi connectivity index (χ1v) is 9.33. The molecule has 0 bridgehead atoms. The third-order valence-corrected chi connectivity index (χ3v) is 4.73. The molecule has 8 heteroatoms. The molecular formula is C21H27N3O5. The molecule has 0 radical (unpaired) electrons. The maximum Gasteiger partial charge on any atom is 0.355 e. The van der Waals surface area contributed by atoms with Crippen LogP contribution in [-0.2, 0) is 27.9 Å². The van der Waals surface area contributed by atoms with Crippen LogP contribution in [0, 0.1) is 13.8 Å². The summed E-state index contributed by atoms with van der Waals surface area (Å²) in [4.78, 5) is 43.4. The van der Waals surface area contributed by atoms with Crippen LogP contribution in [0.25, 0.3) is 0 Å². The number of rotatable bonds is 9. The minimum Gasteiger partial charge on any atom is -0.461 e. The zero-order chi connectivity index (χ0) is 21.6. The molecule has 0 saturated heterocycles. The molecule has 156 valence electrons. The van der Waals surface area contributed by atoms with E-state index in [-0.39, 0.29) is 38.0 Å². The highest BCUT2D eigenvalue weighted by Crippen LogP contribution is 2.23. The van der Waals surface area contributed by atoms with Crippen molar-refractivity contribution in [3.63, 3.8) is 0 Å². The van der Waals surface area contributed by atoms with Crippen LogP contribution < -0.4 is 0 Å². The fourth-order valence-corrected chi connectivity index (χ4v) is 3.29. The molecule has 0 saturated carbocycles. The predicted octanol–water partition coefficient (Wildman–Crippen LogP) is 2.07. The van der Waals surface area contributed by atoms with Crippen molar-refractivity contribution < 1.29 is 23.9 Å². The van der Waals surface area contributed by atoms with Crippen LogP contribution in [0.4, 0.5) is 0 Å². The van der Waals surface area contributed by atoms with Gasteiger partial charge in [0, 0.05) is 44.4 Å². The number of ketones is 1. The molecule has 0 aliphatic carbocycles. The first-order chi connectivity index (χ1) is 13.8. The molecule has 0 N–H and O–H groups in total. The summed E-state index contributed by atoms with van der Waals surface area (Å²) in [5.41, 5.74) is 2.77. The van der Waals surface area contributed by atoms with E-state index in [0.717, 1.165) is 5.56 Å². The van der Waals surface area contributed by atoms with Gasteiger partial charge in [0.2, 0.25) is 5.91 Å². The molecular weight excluding hydrogens is 374 g/mol. The van der Waals surface area contributed by atoms with E-state index < -0.39 is 5.97 Å². The number of carbonyl (C=O) groups excluding carboxylic acids is 3. The van der Waals surface area contributed by atoms with Gasteiger partial charge in [0.05, 0.1) is 13.2 Å². The highest BCUT2D eigenvalue weighted by Gasteiger charge is 2.27. The van der Waals surface area contributed by atoms with E-state index >= 15 is 0 Å². The van der Waals surface area contributed by atoms with Crippen molar-refractivity contribution in [1.29, 1.82) is 0 Å². The second-order valence-electron chi connectivity index (χ2n) is 6.68. The van der Waals surface area contributed by atoms with E-state index in [1.165, 1.54) is 12.0 Å². The third kappa shape index (κ3) is 5.08. The van der Waals surface area contributed by atoms with Crippen LogP contribution in [0.15, 0.2) is 24.5 Å². The van der Waals surface area contributed by atoms with Gasteiger partial charge in [-0.3, -0.25) is 14.6 Å². The smallest absolute Gasteiger partial charge is 0.355 e. The van der Waals surface area contributed by atoms with Gasteiger partial charge in [-0.15, -0.1) is 0 Å². The second kappa shape index (κ2) is 9.97. The summed E-state index contributed by atoms with van der Waals surface area (Å²) >= 11 is 0. The topological polar surface area (TPSA) is 90.7 Å². The largest absolute Gasteiger partial charge is 0.461 e. The normalized spacial score (nSPS) is 10.7. The highest BCUT2D eigenvalue weighted by atomic mass is 16.5. The maximum absolute atomic E-state index is 13.1. The molecule has 2 rings (SSSR count). The molecule has 2 aromatic rings. The average Bonchev–Trinajstić information content (AvgIpc) is 2.91. The first-order valence-electron chi connectivity index (χ1n) is 9.33. The Kier molecular flexibility index (Phi) is 7.67.